The molecule has 0 bridgehead atoms. The first kappa shape index (κ1) is 20.2. The molecular weight excluding hydrogens is 420 g/mol. The van der Waals surface area contributed by atoms with Gasteiger partial charge in [0.2, 0.25) is 5.82 Å². The van der Waals surface area contributed by atoms with Gasteiger partial charge in [-0.3, -0.25) is 9.59 Å². The third kappa shape index (κ3) is 3.97. The first-order valence-corrected chi connectivity index (χ1v) is 10.2. The molecule has 0 fully saturated rings. The molecule has 8 heteroatoms. The van der Waals surface area contributed by atoms with E-state index in [1.54, 1.807) is 42.5 Å². The number of primary amides is 1. The maximum atomic E-state index is 13.3. The van der Waals surface area contributed by atoms with Crippen molar-refractivity contribution in [3.63, 3.8) is 0 Å². The number of ether oxygens (including phenoxy) is 1. The van der Waals surface area contributed by atoms with E-state index in [2.05, 4.69) is 10.1 Å². The Balaban J connectivity index is 1.66. The zero-order valence-corrected chi connectivity index (χ0v) is 17.3. The number of fused-ring (bicyclic) bond motifs is 2. The lowest BCUT2D eigenvalue weighted by molar-refractivity contribution is -0.119. The SMILES string of the molecule is NC(=O)COc1ccccc1C=Nn1c(-c2cc3ccccc3o2)nc2ccccc2c1=O. The predicted octanol–water partition coefficient (Wildman–Crippen LogP) is 3.56. The van der Waals surface area contributed by atoms with E-state index in [1.165, 1.54) is 10.9 Å². The number of aromatic nitrogens is 2. The normalized spacial score (nSPS) is 11.4. The zero-order chi connectivity index (χ0) is 22.8. The highest BCUT2D eigenvalue weighted by Gasteiger charge is 2.16. The Morgan fingerprint density at radius 2 is 1.82 bits per heavy atom. The number of nitrogens with two attached hydrogens (primary N) is 1. The van der Waals surface area contributed by atoms with Crippen molar-refractivity contribution < 1.29 is 13.9 Å². The van der Waals surface area contributed by atoms with Crippen molar-refractivity contribution in [2.24, 2.45) is 10.8 Å². The Hall–Kier alpha value is -4.72. The number of carbonyl (C=O) groups excluding carboxylic acids is 1. The minimum absolute atomic E-state index is 0.265. The van der Waals surface area contributed by atoms with Gasteiger partial charge in [-0.05, 0) is 36.4 Å². The topological polar surface area (TPSA) is 113 Å². The quantitative estimate of drug-likeness (QED) is 0.407. The number of hydrogen-bond donors (Lipinski definition) is 1. The van der Waals surface area contributed by atoms with E-state index in [9.17, 15) is 9.59 Å². The van der Waals surface area contributed by atoms with Crippen LogP contribution in [0.4, 0.5) is 0 Å². The Morgan fingerprint density at radius 3 is 2.67 bits per heavy atom. The summed E-state index contributed by atoms with van der Waals surface area (Å²) in [5, 5.41) is 5.73. The maximum Gasteiger partial charge on any atom is 0.282 e. The summed E-state index contributed by atoms with van der Waals surface area (Å²) in [6.45, 7) is -0.271. The van der Waals surface area contributed by atoms with Crippen molar-refractivity contribution in [1.29, 1.82) is 0 Å². The van der Waals surface area contributed by atoms with Gasteiger partial charge in [-0.25, -0.2) is 4.98 Å². The summed E-state index contributed by atoms with van der Waals surface area (Å²) in [7, 11) is 0. The molecular formula is C25H18N4O4. The molecule has 1 amide bonds. The molecule has 33 heavy (non-hydrogen) atoms. The first-order valence-electron chi connectivity index (χ1n) is 10.2. The van der Waals surface area contributed by atoms with Crippen LogP contribution in [0.1, 0.15) is 5.56 Å². The van der Waals surface area contributed by atoms with Gasteiger partial charge in [-0.2, -0.15) is 9.78 Å². The van der Waals surface area contributed by atoms with Crippen LogP contribution in [0, 0.1) is 0 Å². The van der Waals surface area contributed by atoms with E-state index in [1.807, 2.05) is 36.4 Å². The summed E-state index contributed by atoms with van der Waals surface area (Å²) in [5.41, 5.74) is 6.62. The molecule has 5 rings (SSSR count). The van der Waals surface area contributed by atoms with Crippen LogP contribution in [0.5, 0.6) is 5.75 Å². The molecule has 0 radical (unpaired) electrons. The summed E-state index contributed by atoms with van der Waals surface area (Å²) in [5.74, 6) is 0.493. The van der Waals surface area contributed by atoms with Crippen LogP contribution >= 0.6 is 0 Å². The third-order valence-electron chi connectivity index (χ3n) is 5.00. The van der Waals surface area contributed by atoms with Gasteiger partial charge >= 0.3 is 0 Å². The number of furan rings is 1. The molecule has 162 valence electrons. The van der Waals surface area contributed by atoms with Crippen molar-refractivity contribution in [2.75, 3.05) is 6.61 Å². The number of hydrogen-bond acceptors (Lipinski definition) is 6. The average molecular weight is 438 g/mol. The smallest absolute Gasteiger partial charge is 0.282 e. The second-order valence-corrected chi connectivity index (χ2v) is 7.26. The Morgan fingerprint density at radius 1 is 1.06 bits per heavy atom. The van der Waals surface area contributed by atoms with E-state index >= 15 is 0 Å². The summed E-state index contributed by atoms with van der Waals surface area (Å²) in [6.07, 6.45) is 1.47. The van der Waals surface area contributed by atoms with Gasteiger partial charge in [0.1, 0.15) is 11.3 Å². The summed E-state index contributed by atoms with van der Waals surface area (Å²) >= 11 is 0. The number of amides is 1. The van der Waals surface area contributed by atoms with Crippen LogP contribution in [-0.2, 0) is 4.79 Å². The van der Waals surface area contributed by atoms with Crippen LogP contribution in [0.3, 0.4) is 0 Å². The second kappa shape index (κ2) is 8.43. The predicted molar refractivity (Wildman–Crippen MR) is 125 cm³/mol. The maximum absolute atomic E-state index is 13.3. The van der Waals surface area contributed by atoms with Crippen LogP contribution in [0.2, 0.25) is 0 Å². The van der Waals surface area contributed by atoms with Gasteiger partial charge in [-0.15, -0.1) is 0 Å². The van der Waals surface area contributed by atoms with E-state index in [0.29, 0.717) is 33.6 Å². The molecule has 3 aromatic carbocycles. The molecule has 0 spiro atoms. The fraction of sp³-hybridized carbons (Fsp3) is 0.0400. The number of benzene rings is 3. The molecule has 0 aliphatic carbocycles. The van der Waals surface area contributed by atoms with E-state index in [-0.39, 0.29) is 18.0 Å². The van der Waals surface area contributed by atoms with Crippen molar-refractivity contribution in [3.8, 4) is 17.3 Å². The average Bonchev–Trinajstić information content (AvgIpc) is 3.27. The summed E-state index contributed by atoms with van der Waals surface area (Å²) in [4.78, 5) is 29.1. The van der Waals surface area contributed by atoms with Gasteiger partial charge < -0.3 is 14.9 Å². The van der Waals surface area contributed by atoms with Gasteiger partial charge in [0.15, 0.2) is 12.4 Å². The minimum Gasteiger partial charge on any atom is -0.483 e. The third-order valence-corrected chi connectivity index (χ3v) is 5.00. The fourth-order valence-electron chi connectivity index (χ4n) is 3.47. The molecule has 2 aromatic heterocycles. The molecule has 0 atom stereocenters. The highest BCUT2D eigenvalue weighted by molar-refractivity contribution is 5.86. The zero-order valence-electron chi connectivity index (χ0n) is 17.3. The van der Waals surface area contributed by atoms with Crippen molar-refractivity contribution in [1.82, 2.24) is 9.66 Å². The second-order valence-electron chi connectivity index (χ2n) is 7.26. The van der Waals surface area contributed by atoms with E-state index < -0.39 is 5.91 Å². The summed E-state index contributed by atoms with van der Waals surface area (Å²) < 4.78 is 12.6. The summed E-state index contributed by atoms with van der Waals surface area (Å²) in [6, 6.07) is 23.4. The Kier molecular flexibility index (Phi) is 5.16. The molecule has 8 nitrogen and oxygen atoms in total. The fourth-order valence-corrected chi connectivity index (χ4v) is 3.47. The monoisotopic (exact) mass is 438 g/mol. The van der Waals surface area contributed by atoms with Gasteiger partial charge in [0.05, 0.1) is 17.1 Å². The van der Waals surface area contributed by atoms with E-state index in [0.717, 1.165) is 5.39 Å². The van der Waals surface area contributed by atoms with Gasteiger partial charge in [0.25, 0.3) is 11.5 Å². The molecule has 0 aliphatic heterocycles. The van der Waals surface area contributed by atoms with Crippen LogP contribution in [0.25, 0.3) is 33.5 Å². The Bertz CT molecular complexity index is 1550. The first-order chi connectivity index (χ1) is 16.1. The van der Waals surface area contributed by atoms with Crippen LogP contribution < -0.4 is 16.0 Å². The molecule has 5 aromatic rings. The van der Waals surface area contributed by atoms with Crippen LogP contribution in [0.15, 0.2) is 93.2 Å². The highest BCUT2D eigenvalue weighted by atomic mass is 16.5. The standard InChI is InChI=1S/C25H18N4O4/c26-23(30)15-32-20-11-5-2-8-17(20)14-27-29-24(22-13-16-7-1-6-12-21(16)33-22)28-19-10-4-3-9-18(19)25(29)31/h1-14H,15H2,(H2,26,30). The number of para-hydroxylation sites is 3. The van der Waals surface area contributed by atoms with Gasteiger partial charge in [-0.1, -0.05) is 42.5 Å². The molecule has 0 unspecified atom stereocenters. The number of rotatable bonds is 6. The number of nitrogens with zero attached hydrogens (tertiary/aromatic N) is 3. The van der Waals surface area contributed by atoms with Crippen molar-refractivity contribution >= 4 is 34.0 Å². The molecule has 0 saturated carbocycles. The molecule has 0 saturated heterocycles. The van der Waals surface area contributed by atoms with Gasteiger partial charge in [0, 0.05) is 10.9 Å². The molecule has 2 N–H and O–H groups in total. The minimum atomic E-state index is -0.594. The Labute approximate surface area is 187 Å². The number of carbonyl (C=O) groups is 1. The lowest BCUT2D eigenvalue weighted by atomic mass is 10.2. The molecule has 2 heterocycles. The van der Waals surface area contributed by atoms with E-state index in [4.69, 9.17) is 14.9 Å². The van der Waals surface area contributed by atoms with Crippen molar-refractivity contribution in [3.05, 3.63) is 94.8 Å². The molecule has 0 aliphatic rings. The largest absolute Gasteiger partial charge is 0.483 e. The highest BCUT2D eigenvalue weighted by Crippen LogP contribution is 2.27. The lowest BCUT2D eigenvalue weighted by Crippen LogP contribution is -2.21. The van der Waals surface area contributed by atoms with Crippen molar-refractivity contribution in [2.45, 2.75) is 0 Å². The van der Waals surface area contributed by atoms with Crippen LogP contribution in [-0.4, -0.2) is 28.4 Å². The lowest BCUT2D eigenvalue weighted by Gasteiger charge is -2.09.